The topological polar surface area (TPSA) is 58.6 Å². The Kier molecular flexibility index (Phi) is 9.01. The summed E-state index contributed by atoms with van der Waals surface area (Å²) in [5.41, 5.74) is 2.57. The Morgan fingerprint density at radius 2 is 1.59 bits per heavy atom. The second kappa shape index (κ2) is 11.6. The highest BCUT2D eigenvalue weighted by molar-refractivity contribution is 14.1. The number of hydrogen-bond donors (Lipinski definition) is 1. The molecule has 0 aromatic heterocycles. The number of halogens is 1. The predicted octanol–water partition coefficient (Wildman–Crippen LogP) is 6.92. The SMILES string of the molecule is CCC(NC(=O)c1ccc(C(C)C2CCN(C(=O)OC(C)(C)C)CC2)cc1)c1ccc(I)cc1. The molecule has 0 radical (unpaired) electrons. The van der Waals surface area contributed by atoms with Crippen LogP contribution in [0.3, 0.4) is 0 Å². The van der Waals surface area contributed by atoms with Gasteiger partial charge in [0, 0.05) is 22.2 Å². The van der Waals surface area contributed by atoms with Crippen LogP contribution < -0.4 is 5.32 Å². The first-order chi connectivity index (χ1) is 16.1. The number of benzene rings is 2. The zero-order chi connectivity index (χ0) is 24.9. The molecule has 1 aliphatic heterocycles. The molecule has 2 unspecified atom stereocenters. The maximum atomic E-state index is 12.9. The van der Waals surface area contributed by atoms with Crippen LogP contribution in [-0.4, -0.2) is 35.6 Å². The summed E-state index contributed by atoms with van der Waals surface area (Å²) in [4.78, 5) is 27.0. The predicted molar refractivity (Wildman–Crippen MR) is 145 cm³/mol. The smallest absolute Gasteiger partial charge is 0.410 e. The van der Waals surface area contributed by atoms with Gasteiger partial charge in [0.1, 0.15) is 5.60 Å². The lowest BCUT2D eigenvalue weighted by Gasteiger charge is -2.36. The number of carbonyl (C=O) groups is 2. The number of hydrogen-bond acceptors (Lipinski definition) is 3. The second-order valence-electron chi connectivity index (χ2n) is 10.2. The quantitative estimate of drug-likeness (QED) is 0.380. The van der Waals surface area contributed by atoms with Crippen LogP contribution in [0.25, 0.3) is 0 Å². The highest BCUT2D eigenvalue weighted by Crippen LogP contribution is 2.33. The van der Waals surface area contributed by atoms with Gasteiger partial charge in [0.25, 0.3) is 5.91 Å². The van der Waals surface area contributed by atoms with Crippen LogP contribution in [0.2, 0.25) is 0 Å². The molecule has 2 aromatic carbocycles. The number of piperidine rings is 1. The second-order valence-corrected chi connectivity index (χ2v) is 11.4. The Morgan fingerprint density at radius 3 is 2.12 bits per heavy atom. The summed E-state index contributed by atoms with van der Waals surface area (Å²) in [7, 11) is 0. The van der Waals surface area contributed by atoms with Gasteiger partial charge in [0.15, 0.2) is 0 Å². The minimum absolute atomic E-state index is 0.00161. The van der Waals surface area contributed by atoms with Crippen molar-refractivity contribution in [1.29, 1.82) is 0 Å². The van der Waals surface area contributed by atoms with Crippen LogP contribution in [0.5, 0.6) is 0 Å². The first-order valence-corrected chi connectivity index (χ1v) is 13.3. The van der Waals surface area contributed by atoms with Crippen LogP contribution in [0.4, 0.5) is 4.79 Å². The van der Waals surface area contributed by atoms with Crippen molar-refractivity contribution in [2.75, 3.05) is 13.1 Å². The molecule has 1 heterocycles. The fourth-order valence-corrected chi connectivity index (χ4v) is 4.84. The van der Waals surface area contributed by atoms with E-state index < -0.39 is 5.60 Å². The zero-order valence-corrected chi connectivity index (χ0v) is 23.1. The summed E-state index contributed by atoms with van der Waals surface area (Å²) in [6.07, 6.45) is 2.53. The van der Waals surface area contributed by atoms with E-state index in [2.05, 4.69) is 78.2 Å². The van der Waals surface area contributed by atoms with Gasteiger partial charge in [0.05, 0.1) is 6.04 Å². The van der Waals surface area contributed by atoms with Crippen molar-refractivity contribution in [3.05, 3.63) is 68.8 Å². The van der Waals surface area contributed by atoms with Gasteiger partial charge in [-0.1, -0.05) is 38.1 Å². The van der Waals surface area contributed by atoms with Gasteiger partial charge in [-0.25, -0.2) is 4.79 Å². The van der Waals surface area contributed by atoms with E-state index in [0.29, 0.717) is 17.4 Å². The highest BCUT2D eigenvalue weighted by Gasteiger charge is 2.29. The summed E-state index contributed by atoms with van der Waals surface area (Å²) < 4.78 is 6.69. The fourth-order valence-electron chi connectivity index (χ4n) is 4.48. The van der Waals surface area contributed by atoms with E-state index in [1.165, 1.54) is 9.13 Å². The Labute approximate surface area is 217 Å². The van der Waals surface area contributed by atoms with E-state index in [4.69, 9.17) is 4.74 Å². The molecule has 5 nitrogen and oxygen atoms in total. The van der Waals surface area contributed by atoms with Crippen LogP contribution in [0.15, 0.2) is 48.5 Å². The molecule has 6 heteroatoms. The molecular formula is C28H37IN2O3. The van der Waals surface area contributed by atoms with E-state index in [0.717, 1.165) is 37.9 Å². The molecule has 184 valence electrons. The molecule has 0 saturated carbocycles. The number of rotatable bonds is 6. The van der Waals surface area contributed by atoms with Crippen molar-refractivity contribution in [2.45, 2.75) is 71.4 Å². The molecule has 3 rings (SSSR count). The molecule has 1 aliphatic rings. The molecule has 1 saturated heterocycles. The lowest BCUT2D eigenvalue weighted by atomic mass is 9.81. The average Bonchev–Trinajstić information content (AvgIpc) is 2.81. The van der Waals surface area contributed by atoms with Crippen molar-refractivity contribution in [3.63, 3.8) is 0 Å². The van der Waals surface area contributed by atoms with Crippen molar-refractivity contribution < 1.29 is 14.3 Å². The Bertz CT molecular complexity index is 959. The van der Waals surface area contributed by atoms with Crippen molar-refractivity contribution in [1.82, 2.24) is 10.2 Å². The third-order valence-corrected chi connectivity index (χ3v) is 7.30. The van der Waals surface area contributed by atoms with Gasteiger partial charge in [-0.05, 0) is 110 Å². The highest BCUT2D eigenvalue weighted by atomic mass is 127. The number of likely N-dealkylation sites (tertiary alicyclic amines) is 1. The minimum atomic E-state index is -0.466. The minimum Gasteiger partial charge on any atom is -0.444 e. The molecule has 0 spiro atoms. The largest absolute Gasteiger partial charge is 0.444 e. The number of carbonyl (C=O) groups excluding carboxylic acids is 2. The molecule has 0 aliphatic carbocycles. The Morgan fingerprint density at radius 1 is 1.03 bits per heavy atom. The van der Waals surface area contributed by atoms with Gasteiger partial charge in [-0.3, -0.25) is 4.79 Å². The van der Waals surface area contributed by atoms with Crippen LogP contribution in [0, 0.1) is 9.49 Å². The van der Waals surface area contributed by atoms with E-state index in [1.807, 2.05) is 37.8 Å². The first kappa shape index (κ1) is 26.5. The number of nitrogens with one attached hydrogen (secondary N) is 1. The van der Waals surface area contributed by atoms with E-state index >= 15 is 0 Å². The number of ether oxygens (including phenoxy) is 1. The van der Waals surface area contributed by atoms with Crippen molar-refractivity contribution >= 4 is 34.6 Å². The maximum Gasteiger partial charge on any atom is 0.410 e. The van der Waals surface area contributed by atoms with Gasteiger partial charge in [0.2, 0.25) is 0 Å². The van der Waals surface area contributed by atoms with Gasteiger partial charge < -0.3 is 15.0 Å². The molecule has 2 atom stereocenters. The summed E-state index contributed by atoms with van der Waals surface area (Å²) in [5.74, 6) is 0.826. The van der Waals surface area contributed by atoms with Crippen LogP contribution >= 0.6 is 22.6 Å². The monoisotopic (exact) mass is 576 g/mol. The van der Waals surface area contributed by atoms with E-state index in [-0.39, 0.29) is 18.0 Å². The molecule has 1 fully saturated rings. The maximum absolute atomic E-state index is 12.9. The Balaban J connectivity index is 1.56. The molecule has 0 bridgehead atoms. The molecular weight excluding hydrogens is 539 g/mol. The standard InChI is InChI=1S/C28H37IN2O3/c1-6-25(22-11-13-24(29)14-12-22)30-26(32)23-9-7-20(8-10-23)19(2)21-15-17-31(18-16-21)27(33)34-28(3,4)5/h7-14,19,21,25H,6,15-18H2,1-5H3,(H,30,32). The van der Waals surface area contributed by atoms with Crippen LogP contribution in [0.1, 0.15) is 87.3 Å². The van der Waals surface area contributed by atoms with Crippen molar-refractivity contribution in [3.8, 4) is 0 Å². The first-order valence-electron chi connectivity index (χ1n) is 12.2. The summed E-state index contributed by atoms with van der Waals surface area (Å²) in [6.45, 7) is 11.5. The summed E-state index contributed by atoms with van der Waals surface area (Å²) in [6, 6.07) is 16.3. The average molecular weight is 577 g/mol. The number of amides is 2. The van der Waals surface area contributed by atoms with Gasteiger partial charge in [-0.2, -0.15) is 0 Å². The summed E-state index contributed by atoms with van der Waals surface area (Å²) in [5, 5.41) is 3.17. The van der Waals surface area contributed by atoms with Crippen molar-refractivity contribution in [2.24, 2.45) is 5.92 Å². The Hall–Kier alpha value is -2.09. The van der Waals surface area contributed by atoms with E-state index in [1.54, 1.807) is 0 Å². The lowest BCUT2D eigenvalue weighted by molar-refractivity contribution is 0.0176. The van der Waals surface area contributed by atoms with Gasteiger partial charge in [-0.15, -0.1) is 0 Å². The van der Waals surface area contributed by atoms with Gasteiger partial charge >= 0.3 is 6.09 Å². The van der Waals surface area contributed by atoms with Crippen LogP contribution in [-0.2, 0) is 4.74 Å². The fraction of sp³-hybridized carbons (Fsp3) is 0.500. The molecule has 1 N–H and O–H groups in total. The third-order valence-electron chi connectivity index (χ3n) is 6.58. The van der Waals surface area contributed by atoms with E-state index in [9.17, 15) is 9.59 Å². The normalized spacial score (nSPS) is 16.6. The molecule has 34 heavy (non-hydrogen) atoms. The third kappa shape index (κ3) is 7.20. The summed E-state index contributed by atoms with van der Waals surface area (Å²) >= 11 is 2.29. The lowest BCUT2D eigenvalue weighted by Crippen LogP contribution is -2.42. The number of nitrogens with zero attached hydrogens (tertiary/aromatic N) is 1. The zero-order valence-electron chi connectivity index (χ0n) is 20.9. The molecule has 2 amide bonds. The molecule has 2 aromatic rings.